The first kappa shape index (κ1) is 21.8. The van der Waals surface area contributed by atoms with Crippen molar-refractivity contribution in [1.82, 2.24) is 9.97 Å². The van der Waals surface area contributed by atoms with Crippen molar-refractivity contribution in [2.45, 2.75) is 6.18 Å². The van der Waals surface area contributed by atoms with Crippen LogP contribution in [0.5, 0.6) is 0 Å². The number of nitrogens with one attached hydrogen (secondary N) is 3. The molecule has 0 saturated heterocycles. The molecule has 0 aliphatic carbocycles. The van der Waals surface area contributed by atoms with E-state index in [2.05, 4.69) is 25.9 Å². The molecule has 2 aromatic heterocycles. The summed E-state index contributed by atoms with van der Waals surface area (Å²) in [7, 11) is 0. The average molecular weight is 449 g/mol. The summed E-state index contributed by atoms with van der Waals surface area (Å²) in [6.45, 7) is 0. The van der Waals surface area contributed by atoms with E-state index in [4.69, 9.17) is 0 Å². The number of amides is 2. The number of carbonyl (C=O) groups is 1. The second-order valence-corrected chi connectivity index (χ2v) is 7.00. The number of halogens is 3. The number of para-hydroxylation sites is 1. The number of aromatic nitrogens is 2. The summed E-state index contributed by atoms with van der Waals surface area (Å²) in [6.07, 6.45) is -1.21. The standard InChI is InChI=1S/C24H18F3N5O/c25-24(26,27)18-6-8-20(9-7-18)31-23(33)32-22-15-17(11-13-29-22)16-10-12-28-21(14-16)30-19-4-2-1-3-5-19/h1-15H,(H,28,30)(H2,29,31,32,33). The Morgan fingerprint density at radius 2 is 1.30 bits per heavy atom. The van der Waals surface area contributed by atoms with Crippen LogP contribution in [0.4, 0.5) is 41.0 Å². The molecule has 0 spiro atoms. The zero-order chi connectivity index (χ0) is 23.3. The summed E-state index contributed by atoms with van der Waals surface area (Å²) in [4.78, 5) is 20.7. The zero-order valence-electron chi connectivity index (χ0n) is 17.1. The van der Waals surface area contributed by atoms with E-state index in [0.29, 0.717) is 5.82 Å². The van der Waals surface area contributed by atoms with Gasteiger partial charge in [0.1, 0.15) is 11.6 Å². The fourth-order valence-corrected chi connectivity index (χ4v) is 3.05. The van der Waals surface area contributed by atoms with E-state index in [1.54, 1.807) is 24.5 Å². The first-order chi connectivity index (χ1) is 15.9. The van der Waals surface area contributed by atoms with Crippen LogP contribution < -0.4 is 16.0 Å². The lowest BCUT2D eigenvalue weighted by Gasteiger charge is -2.11. The van der Waals surface area contributed by atoms with Gasteiger partial charge in [-0.05, 0) is 71.8 Å². The van der Waals surface area contributed by atoms with Gasteiger partial charge < -0.3 is 10.6 Å². The minimum absolute atomic E-state index is 0.224. The van der Waals surface area contributed by atoms with Crippen LogP contribution in [0.1, 0.15) is 5.56 Å². The number of alkyl halides is 3. The minimum Gasteiger partial charge on any atom is -0.340 e. The third-order valence-corrected chi connectivity index (χ3v) is 4.61. The second-order valence-electron chi connectivity index (χ2n) is 7.00. The largest absolute Gasteiger partial charge is 0.416 e. The molecule has 0 aliphatic rings. The van der Waals surface area contributed by atoms with Crippen LogP contribution >= 0.6 is 0 Å². The van der Waals surface area contributed by atoms with Crippen LogP contribution in [0, 0.1) is 0 Å². The molecule has 2 heterocycles. The molecular formula is C24H18F3N5O. The van der Waals surface area contributed by atoms with Crippen molar-refractivity contribution in [1.29, 1.82) is 0 Å². The Bertz CT molecular complexity index is 1240. The van der Waals surface area contributed by atoms with Crippen molar-refractivity contribution >= 4 is 29.0 Å². The van der Waals surface area contributed by atoms with Gasteiger partial charge in [0.15, 0.2) is 0 Å². The molecule has 9 heteroatoms. The van der Waals surface area contributed by atoms with Gasteiger partial charge in [-0.1, -0.05) is 18.2 Å². The highest BCUT2D eigenvalue weighted by Gasteiger charge is 2.30. The van der Waals surface area contributed by atoms with E-state index in [1.165, 1.54) is 12.1 Å². The summed E-state index contributed by atoms with van der Waals surface area (Å²) in [5.41, 5.74) is 1.99. The molecule has 33 heavy (non-hydrogen) atoms. The van der Waals surface area contributed by atoms with Crippen molar-refractivity contribution in [3.8, 4) is 11.1 Å². The summed E-state index contributed by atoms with van der Waals surface area (Å²) in [5.74, 6) is 0.941. The molecule has 0 fully saturated rings. The molecular weight excluding hydrogens is 431 g/mol. The topological polar surface area (TPSA) is 78.9 Å². The highest BCUT2D eigenvalue weighted by atomic mass is 19.4. The lowest BCUT2D eigenvalue weighted by Crippen LogP contribution is -2.20. The predicted octanol–water partition coefficient (Wildman–Crippen LogP) is 6.55. The highest BCUT2D eigenvalue weighted by molar-refractivity contribution is 5.99. The molecule has 0 aliphatic heterocycles. The Kier molecular flexibility index (Phi) is 6.21. The molecule has 0 radical (unpaired) electrons. The van der Waals surface area contributed by atoms with Crippen LogP contribution in [0.3, 0.4) is 0 Å². The van der Waals surface area contributed by atoms with Crippen molar-refractivity contribution in [3.63, 3.8) is 0 Å². The summed E-state index contributed by atoms with van der Waals surface area (Å²) < 4.78 is 38.0. The van der Waals surface area contributed by atoms with E-state index >= 15 is 0 Å². The third-order valence-electron chi connectivity index (χ3n) is 4.61. The molecule has 0 unspecified atom stereocenters. The van der Waals surface area contributed by atoms with Crippen LogP contribution in [-0.4, -0.2) is 16.0 Å². The van der Waals surface area contributed by atoms with Gasteiger partial charge in [-0.2, -0.15) is 13.2 Å². The second kappa shape index (κ2) is 9.39. The zero-order valence-corrected chi connectivity index (χ0v) is 17.1. The van der Waals surface area contributed by atoms with Crippen LogP contribution in [0.2, 0.25) is 0 Å². The van der Waals surface area contributed by atoms with Gasteiger partial charge >= 0.3 is 12.2 Å². The maximum Gasteiger partial charge on any atom is 0.416 e. The van der Waals surface area contributed by atoms with Gasteiger partial charge in [0.25, 0.3) is 0 Å². The van der Waals surface area contributed by atoms with Crippen molar-refractivity contribution in [2.75, 3.05) is 16.0 Å². The first-order valence-corrected chi connectivity index (χ1v) is 9.87. The Morgan fingerprint density at radius 3 is 1.94 bits per heavy atom. The molecule has 0 bridgehead atoms. The monoisotopic (exact) mass is 449 g/mol. The number of hydrogen-bond acceptors (Lipinski definition) is 4. The first-order valence-electron chi connectivity index (χ1n) is 9.87. The van der Waals surface area contributed by atoms with Crippen molar-refractivity contribution < 1.29 is 18.0 Å². The fraction of sp³-hybridized carbons (Fsp3) is 0.0417. The van der Waals surface area contributed by atoms with Crippen LogP contribution in [0.25, 0.3) is 11.1 Å². The molecule has 166 valence electrons. The van der Waals surface area contributed by atoms with Gasteiger partial charge in [-0.25, -0.2) is 14.8 Å². The molecule has 4 aromatic rings. The molecule has 3 N–H and O–H groups in total. The van der Waals surface area contributed by atoms with Crippen molar-refractivity contribution in [2.24, 2.45) is 0 Å². The molecule has 0 atom stereocenters. The summed E-state index contributed by atoms with van der Waals surface area (Å²) in [6, 6.07) is 20.4. The number of rotatable bonds is 5. The van der Waals surface area contributed by atoms with E-state index < -0.39 is 17.8 Å². The smallest absolute Gasteiger partial charge is 0.340 e. The van der Waals surface area contributed by atoms with Crippen LogP contribution in [-0.2, 0) is 6.18 Å². The Morgan fingerprint density at radius 1 is 0.697 bits per heavy atom. The number of nitrogens with zero attached hydrogens (tertiary/aromatic N) is 2. The number of benzene rings is 2. The number of carbonyl (C=O) groups excluding carboxylic acids is 1. The van der Waals surface area contributed by atoms with Crippen LogP contribution in [0.15, 0.2) is 91.3 Å². The highest BCUT2D eigenvalue weighted by Crippen LogP contribution is 2.30. The summed E-state index contributed by atoms with van der Waals surface area (Å²) >= 11 is 0. The van der Waals surface area contributed by atoms with Gasteiger partial charge in [-0.15, -0.1) is 0 Å². The number of anilines is 4. The number of urea groups is 1. The quantitative estimate of drug-likeness (QED) is 0.323. The van der Waals surface area contributed by atoms with Gasteiger partial charge in [0, 0.05) is 23.8 Å². The van der Waals surface area contributed by atoms with Gasteiger partial charge in [-0.3, -0.25) is 5.32 Å². The lowest BCUT2D eigenvalue weighted by atomic mass is 10.1. The number of hydrogen-bond donors (Lipinski definition) is 3. The molecule has 2 aromatic carbocycles. The minimum atomic E-state index is -4.44. The Labute approximate surface area is 187 Å². The van der Waals surface area contributed by atoms with E-state index in [0.717, 1.165) is 28.9 Å². The average Bonchev–Trinajstić information content (AvgIpc) is 2.80. The molecule has 0 saturated carbocycles. The maximum atomic E-state index is 12.7. The predicted molar refractivity (Wildman–Crippen MR) is 121 cm³/mol. The summed E-state index contributed by atoms with van der Waals surface area (Å²) in [5, 5.41) is 8.30. The molecule has 6 nitrogen and oxygen atoms in total. The van der Waals surface area contributed by atoms with Crippen molar-refractivity contribution in [3.05, 3.63) is 96.8 Å². The number of pyridine rings is 2. The van der Waals surface area contributed by atoms with E-state index in [-0.39, 0.29) is 11.5 Å². The molecule has 4 rings (SSSR count). The lowest BCUT2D eigenvalue weighted by molar-refractivity contribution is -0.137. The van der Waals surface area contributed by atoms with Gasteiger partial charge in [0.05, 0.1) is 5.56 Å². The normalized spacial score (nSPS) is 11.0. The molecule has 2 amide bonds. The Hall–Kier alpha value is -4.40. The van der Waals surface area contributed by atoms with E-state index in [1.807, 2.05) is 42.5 Å². The SMILES string of the molecule is O=C(Nc1ccc(C(F)(F)F)cc1)Nc1cc(-c2ccnc(Nc3ccccc3)c2)ccn1. The third kappa shape index (κ3) is 5.85. The fourth-order valence-electron chi connectivity index (χ4n) is 3.05. The van der Waals surface area contributed by atoms with Gasteiger partial charge in [0.2, 0.25) is 0 Å². The Balaban J connectivity index is 1.44. The maximum absolute atomic E-state index is 12.7. The van der Waals surface area contributed by atoms with E-state index in [9.17, 15) is 18.0 Å².